The van der Waals surface area contributed by atoms with Gasteiger partial charge in [-0.3, -0.25) is 4.79 Å². The molecule has 0 saturated heterocycles. The number of ether oxygens (including phenoxy) is 1. The number of amides is 1. The molecule has 0 aliphatic carbocycles. The molecule has 1 amide bonds. The monoisotopic (exact) mass is 290 g/mol. The van der Waals surface area contributed by atoms with Crippen LogP contribution in [0.2, 0.25) is 0 Å². The van der Waals surface area contributed by atoms with E-state index in [4.69, 9.17) is 4.74 Å². The third kappa shape index (κ3) is 5.30. The molecule has 0 aliphatic rings. The Morgan fingerprint density at radius 1 is 1.29 bits per heavy atom. The Morgan fingerprint density at radius 3 is 2.33 bits per heavy atom. The minimum absolute atomic E-state index is 0.242. The molecule has 5 heteroatoms. The highest BCUT2D eigenvalue weighted by Gasteiger charge is 2.13. The molecule has 0 fully saturated rings. The molecule has 1 unspecified atom stereocenters. The second kappa shape index (κ2) is 7.47. The van der Waals surface area contributed by atoms with Crippen LogP contribution in [-0.4, -0.2) is 38.6 Å². The number of carbonyl (C=O) groups is 2. The van der Waals surface area contributed by atoms with Gasteiger partial charge in [-0.1, -0.05) is 6.58 Å². The number of hydrogen-bond acceptors (Lipinski definition) is 4. The van der Waals surface area contributed by atoms with Crippen molar-refractivity contribution in [2.75, 3.05) is 25.5 Å². The average molecular weight is 290 g/mol. The highest BCUT2D eigenvalue weighted by atomic mass is 16.5. The molecule has 0 bridgehead atoms. The van der Waals surface area contributed by atoms with Gasteiger partial charge in [-0.2, -0.15) is 0 Å². The van der Waals surface area contributed by atoms with Crippen LogP contribution in [-0.2, 0) is 9.53 Å². The van der Waals surface area contributed by atoms with Crippen molar-refractivity contribution in [1.82, 2.24) is 5.32 Å². The Labute approximate surface area is 125 Å². The molecule has 5 nitrogen and oxygen atoms in total. The Kier molecular flexibility index (Phi) is 5.96. The van der Waals surface area contributed by atoms with Gasteiger partial charge in [0.05, 0.1) is 12.1 Å². The van der Waals surface area contributed by atoms with Gasteiger partial charge >= 0.3 is 5.97 Å². The van der Waals surface area contributed by atoms with Crippen molar-refractivity contribution in [2.24, 2.45) is 0 Å². The molecule has 0 aromatic heterocycles. The number of hydrogen-bond donors (Lipinski definition) is 1. The lowest BCUT2D eigenvalue weighted by Crippen LogP contribution is -2.33. The van der Waals surface area contributed by atoms with Gasteiger partial charge in [-0.25, -0.2) is 4.79 Å². The number of benzene rings is 1. The lowest BCUT2D eigenvalue weighted by Gasteiger charge is -2.15. The first-order valence-corrected chi connectivity index (χ1v) is 6.73. The second-order valence-corrected chi connectivity index (χ2v) is 5.15. The minimum atomic E-state index is -0.408. The van der Waals surface area contributed by atoms with Crippen LogP contribution in [0.4, 0.5) is 5.69 Å². The summed E-state index contributed by atoms with van der Waals surface area (Å²) in [6.07, 6.45) is -0.408. The molecule has 1 rings (SSSR count). The summed E-state index contributed by atoms with van der Waals surface area (Å²) < 4.78 is 5.27. The highest BCUT2D eigenvalue weighted by molar-refractivity contribution is 5.92. The molecule has 114 valence electrons. The van der Waals surface area contributed by atoms with Crippen molar-refractivity contribution in [3.05, 3.63) is 42.0 Å². The SMILES string of the molecule is C=C(C)C(=O)NCC(C)OC(=O)c1ccc(N(C)C)cc1. The highest BCUT2D eigenvalue weighted by Crippen LogP contribution is 2.13. The molecule has 0 heterocycles. The van der Waals surface area contributed by atoms with Crippen LogP contribution in [0.1, 0.15) is 24.2 Å². The third-order valence-corrected chi connectivity index (χ3v) is 2.87. The summed E-state index contributed by atoms with van der Waals surface area (Å²) in [6.45, 7) is 7.15. The topological polar surface area (TPSA) is 58.6 Å². The van der Waals surface area contributed by atoms with E-state index < -0.39 is 12.1 Å². The van der Waals surface area contributed by atoms with Crippen LogP contribution in [0, 0.1) is 0 Å². The van der Waals surface area contributed by atoms with Crippen LogP contribution < -0.4 is 10.2 Å². The van der Waals surface area contributed by atoms with Gasteiger partial charge in [-0.15, -0.1) is 0 Å². The Hall–Kier alpha value is -2.30. The predicted octanol–water partition coefficient (Wildman–Crippen LogP) is 1.99. The fourth-order valence-corrected chi connectivity index (χ4v) is 1.58. The van der Waals surface area contributed by atoms with E-state index >= 15 is 0 Å². The molecular formula is C16H22N2O3. The van der Waals surface area contributed by atoms with Crippen LogP contribution in [0.5, 0.6) is 0 Å². The van der Waals surface area contributed by atoms with E-state index in [9.17, 15) is 9.59 Å². The summed E-state index contributed by atoms with van der Waals surface area (Å²) in [5.41, 5.74) is 1.92. The number of esters is 1. The second-order valence-electron chi connectivity index (χ2n) is 5.15. The quantitative estimate of drug-likeness (QED) is 0.643. The summed E-state index contributed by atoms with van der Waals surface area (Å²) >= 11 is 0. The average Bonchev–Trinajstić information content (AvgIpc) is 2.44. The summed E-state index contributed by atoms with van der Waals surface area (Å²) in [7, 11) is 3.86. The van der Waals surface area contributed by atoms with Crippen molar-refractivity contribution in [2.45, 2.75) is 20.0 Å². The van der Waals surface area contributed by atoms with Crippen molar-refractivity contribution in [3.63, 3.8) is 0 Å². The molecule has 1 atom stereocenters. The number of carbonyl (C=O) groups excluding carboxylic acids is 2. The fourth-order valence-electron chi connectivity index (χ4n) is 1.58. The minimum Gasteiger partial charge on any atom is -0.457 e. The number of nitrogens with zero attached hydrogens (tertiary/aromatic N) is 1. The van der Waals surface area contributed by atoms with Crippen LogP contribution in [0.15, 0.2) is 36.4 Å². The summed E-state index contributed by atoms with van der Waals surface area (Å²) in [5.74, 6) is -0.648. The van der Waals surface area contributed by atoms with Crippen molar-refractivity contribution >= 4 is 17.6 Å². The van der Waals surface area contributed by atoms with E-state index in [1.54, 1.807) is 26.0 Å². The number of anilines is 1. The van der Waals surface area contributed by atoms with Crippen LogP contribution >= 0.6 is 0 Å². The van der Waals surface area contributed by atoms with Crippen molar-refractivity contribution in [1.29, 1.82) is 0 Å². The normalized spacial score (nSPS) is 11.4. The maximum absolute atomic E-state index is 11.9. The van der Waals surface area contributed by atoms with Gasteiger partial charge in [0.2, 0.25) is 5.91 Å². The van der Waals surface area contributed by atoms with E-state index in [-0.39, 0.29) is 12.5 Å². The summed E-state index contributed by atoms with van der Waals surface area (Å²) in [6, 6.07) is 7.14. The molecule has 1 N–H and O–H groups in total. The lowest BCUT2D eigenvalue weighted by molar-refractivity contribution is -0.117. The molecule has 21 heavy (non-hydrogen) atoms. The summed E-state index contributed by atoms with van der Waals surface area (Å²) in [4.78, 5) is 25.2. The van der Waals surface area contributed by atoms with Gasteiger partial charge < -0.3 is 15.0 Å². The predicted molar refractivity (Wildman–Crippen MR) is 83.5 cm³/mol. The standard InChI is InChI=1S/C16H22N2O3/c1-11(2)15(19)17-10-12(3)21-16(20)13-6-8-14(9-7-13)18(4)5/h6-9,12H,1,10H2,2-5H3,(H,17,19). The molecule has 0 saturated carbocycles. The van der Waals surface area contributed by atoms with E-state index in [2.05, 4.69) is 11.9 Å². The first kappa shape index (κ1) is 16.8. The molecule has 0 radical (unpaired) electrons. The third-order valence-electron chi connectivity index (χ3n) is 2.87. The first-order chi connectivity index (χ1) is 9.81. The summed E-state index contributed by atoms with van der Waals surface area (Å²) in [5, 5.41) is 2.64. The molecule has 1 aromatic rings. The van der Waals surface area contributed by atoms with Gasteiger partial charge in [0.15, 0.2) is 0 Å². The zero-order chi connectivity index (χ0) is 16.0. The van der Waals surface area contributed by atoms with Gasteiger partial charge in [-0.05, 0) is 38.1 Å². The largest absolute Gasteiger partial charge is 0.457 e. The zero-order valence-corrected chi connectivity index (χ0v) is 13.0. The van der Waals surface area contributed by atoms with Crippen LogP contribution in [0.3, 0.4) is 0 Å². The smallest absolute Gasteiger partial charge is 0.338 e. The number of nitrogens with one attached hydrogen (secondary N) is 1. The lowest BCUT2D eigenvalue weighted by atomic mass is 10.2. The Morgan fingerprint density at radius 2 is 1.86 bits per heavy atom. The number of rotatable bonds is 6. The van der Waals surface area contributed by atoms with Crippen molar-refractivity contribution < 1.29 is 14.3 Å². The Balaban J connectivity index is 2.52. The zero-order valence-electron chi connectivity index (χ0n) is 13.0. The molecule has 0 aliphatic heterocycles. The maximum atomic E-state index is 11.9. The first-order valence-electron chi connectivity index (χ1n) is 6.73. The van der Waals surface area contributed by atoms with Gasteiger partial charge in [0.1, 0.15) is 6.10 Å². The molecular weight excluding hydrogens is 268 g/mol. The van der Waals surface area contributed by atoms with Crippen molar-refractivity contribution in [3.8, 4) is 0 Å². The molecule has 1 aromatic carbocycles. The van der Waals surface area contributed by atoms with E-state index in [1.807, 2.05) is 31.1 Å². The van der Waals surface area contributed by atoms with E-state index in [0.29, 0.717) is 11.1 Å². The molecule has 0 spiro atoms. The van der Waals surface area contributed by atoms with E-state index in [0.717, 1.165) is 5.69 Å². The van der Waals surface area contributed by atoms with Gasteiger partial charge in [0.25, 0.3) is 0 Å². The fraction of sp³-hybridized carbons (Fsp3) is 0.375. The van der Waals surface area contributed by atoms with E-state index in [1.165, 1.54) is 0 Å². The van der Waals surface area contributed by atoms with Crippen LogP contribution in [0.25, 0.3) is 0 Å². The van der Waals surface area contributed by atoms with Gasteiger partial charge in [0, 0.05) is 25.4 Å². The Bertz CT molecular complexity index is 521. The maximum Gasteiger partial charge on any atom is 0.338 e.